The summed E-state index contributed by atoms with van der Waals surface area (Å²) in [5.41, 5.74) is 7.48. The van der Waals surface area contributed by atoms with Crippen LogP contribution in [0.25, 0.3) is 27.4 Å². The van der Waals surface area contributed by atoms with E-state index in [0.29, 0.717) is 0 Å². The van der Waals surface area contributed by atoms with Crippen molar-refractivity contribution >= 4 is 27.2 Å². The molecule has 0 radical (unpaired) electrons. The zero-order valence-electron chi connectivity index (χ0n) is 11.0. The largest absolute Gasteiger partial charge is 0.399 e. The predicted octanol–water partition coefficient (Wildman–Crippen LogP) is 3.13. The van der Waals surface area contributed by atoms with Gasteiger partial charge in [-0.25, -0.2) is 15.0 Å². The fraction of sp³-hybridized carbons (Fsp3) is 0. The van der Waals surface area contributed by atoms with E-state index in [2.05, 4.69) is 15.0 Å². The normalized spacial score (nSPS) is 11.0. The Labute approximate surface area is 124 Å². The maximum atomic E-state index is 5.74. The second-order valence-electron chi connectivity index (χ2n) is 4.58. The van der Waals surface area contributed by atoms with E-state index in [4.69, 9.17) is 5.73 Å². The number of benzene rings is 1. The third kappa shape index (κ3) is 1.96. The van der Waals surface area contributed by atoms with Gasteiger partial charge in [-0.3, -0.25) is 4.57 Å². The highest BCUT2D eigenvalue weighted by Gasteiger charge is 2.12. The number of anilines is 1. The Morgan fingerprint density at radius 2 is 1.86 bits per heavy atom. The average molecular weight is 293 g/mol. The predicted molar refractivity (Wildman–Crippen MR) is 84.4 cm³/mol. The van der Waals surface area contributed by atoms with Crippen molar-refractivity contribution in [2.45, 2.75) is 0 Å². The molecule has 0 atom stereocenters. The second-order valence-corrected chi connectivity index (χ2v) is 5.47. The molecule has 4 aromatic rings. The number of aromatic nitrogens is 4. The molecule has 0 fully saturated rings. The van der Waals surface area contributed by atoms with Gasteiger partial charge < -0.3 is 5.73 Å². The van der Waals surface area contributed by atoms with Crippen molar-refractivity contribution in [2.75, 3.05) is 5.73 Å². The van der Waals surface area contributed by atoms with Gasteiger partial charge in [0, 0.05) is 23.6 Å². The van der Waals surface area contributed by atoms with Crippen molar-refractivity contribution in [1.29, 1.82) is 0 Å². The average Bonchev–Trinajstić information content (AvgIpc) is 3.16. The van der Waals surface area contributed by atoms with Gasteiger partial charge in [0.2, 0.25) is 0 Å². The van der Waals surface area contributed by atoms with Crippen molar-refractivity contribution in [1.82, 2.24) is 19.5 Å². The summed E-state index contributed by atoms with van der Waals surface area (Å²) in [6.45, 7) is 0. The van der Waals surface area contributed by atoms with Crippen LogP contribution in [0.2, 0.25) is 0 Å². The zero-order valence-corrected chi connectivity index (χ0v) is 11.8. The first-order chi connectivity index (χ1) is 10.3. The van der Waals surface area contributed by atoms with Crippen LogP contribution in [0, 0.1) is 0 Å². The highest BCUT2D eigenvalue weighted by molar-refractivity contribution is 7.16. The third-order valence-electron chi connectivity index (χ3n) is 3.28. The molecule has 0 aliphatic heterocycles. The van der Waals surface area contributed by atoms with Gasteiger partial charge in [0.25, 0.3) is 0 Å². The number of thiophene rings is 1. The number of nitrogens with zero attached hydrogens (tertiary/aromatic N) is 4. The van der Waals surface area contributed by atoms with E-state index < -0.39 is 0 Å². The molecule has 0 saturated carbocycles. The summed E-state index contributed by atoms with van der Waals surface area (Å²) in [7, 11) is 0. The molecular formula is C15H11N5S. The first-order valence-corrected chi connectivity index (χ1v) is 7.29. The van der Waals surface area contributed by atoms with Gasteiger partial charge in [-0.2, -0.15) is 0 Å². The first-order valence-electron chi connectivity index (χ1n) is 6.41. The van der Waals surface area contributed by atoms with Gasteiger partial charge in [0.15, 0.2) is 5.82 Å². The molecule has 0 unspecified atom stereocenters. The van der Waals surface area contributed by atoms with Gasteiger partial charge in [0.05, 0.1) is 5.39 Å². The molecule has 0 saturated heterocycles. The Balaban J connectivity index is 1.93. The number of rotatable bonds is 2. The zero-order chi connectivity index (χ0) is 14.2. The first kappa shape index (κ1) is 12.0. The SMILES string of the molecule is Nc1ccc(-c2nccn2-c2ncnc3sccc23)cc1. The molecule has 2 N–H and O–H groups in total. The van der Waals surface area contributed by atoms with Gasteiger partial charge in [0.1, 0.15) is 17.0 Å². The lowest BCUT2D eigenvalue weighted by Crippen LogP contribution is -2.00. The van der Waals surface area contributed by atoms with Crippen LogP contribution in [-0.4, -0.2) is 19.5 Å². The number of fused-ring (bicyclic) bond motifs is 1. The maximum absolute atomic E-state index is 5.74. The Morgan fingerprint density at radius 3 is 2.71 bits per heavy atom. The van der Waals surface area contributed by atoms with E-state index in [0.717, 1.165) is 33.1 Å². The number of imidazole rings is 1. The van der Waals surface area contributed by atoms with E-state index >= 15 is 0 Å². The van der Waals surface area contributed by atoms with E-state index in [1.807, 2.05) is 46.5 Å². The summed E-state index contributed by atoms with van der Waals surface area (Å²) >= 11 is 1.60. The fourth-order valence-corrected chi connectivity index (χ4v) is 3.02. The smallest absolute Gasteiger partial charge is 0.150 e. The lowest BCUT2D eigenvalue weighted by molar-refractivity contribution is 1.00. The molecular weight excluding hydrogens is 282 g/mol. The third-order valence-corrected chi connectivity index (χ3v) is 4.10. The molecule has 0 amide bonds. The molecule has 21 heavy (non-hydrogen) atoms. The molecule has 0 bridgehead atoms. The Bertz CT molecular complexity index is 907. The fourth-order valence-electron chi connectivity index (χ4n) is 2.29. The molecule has 3 aromatic heterocycles. The summed E-state index contributed by atoms with van der Waals surface area (Å²) in [6, 6.07) is 9.69. The minimum absolute atomic E-state index is 0.735. The molecule has 0 aliphatic carbocycles. The maximum Gasteiger partial charge on any atom is 0.150 e. The van der Waals surface area contributed by atoms with Crippen molar-refractivity contribution in [3.8, 4) is 17.2 Å². The lowest BCUT2D eigenvalue weighted by Gasteiger charge is -2.08. The molecule has 6 heteroatoms. The monoisotopic (exact) mass is 293 g/mol. The van der Waals surface area contributed by atoms with Gasteiger partial charge in [-0.1, -0.05) is 0 Å². The van der Waals surface area contributed by atoms with E-state index in [9.17, 15) is 0 Å². The van der Waals surface area contributed by atoms with E-state index in [-0.39, 0.29) is 0 Å². The van der Waals surface area contributed by atoms with Crippen molar-refractivity contribution < 1.29 is 0 Å². The Morgan fingerprint density at radius 1 is 1.00 bits per heavy atom. The lowest BCUT2D eigenvalue weighted by atomic mass is 10.2. The highest BCUT2D eigenvalue weighted by Crippen LogP contribution is 2.27. The minimum atomic E-state index is 0.735. The molecule has 1 aromatic carbocycles. The summed E-state index contributed by atoms with van der Waals surface area (Å²) in [4.78, 5) is 14.1. The topological polar surface area (TPSA) is 69.6 Å². The van der Waals surface area contributed by atoms with Crippen LogP contribution in [0.15, 0.2) is 54.4 Å². The van der Waals surface area contributed by atoms with Crippen molar-refractivity contribution in [3.63, 3.8) is 0 Å². The quantitative estimate of drug-likeness (QED) is 0.576. The number of nitrogen functional groups attached to an aromatic ring is 1. The Kier molecular flexibility index (Phi) is 2.68. The highest BCUT2D eigenvalue weighted by atomic mass is 32.1. The summed E-state index contributed by atoms with van der Waals surface area (Å²) in [6.07, 6.45) is 5.26. The van der Waals surface area contributed by atoms with Gasteiger partial charge in [-0.15, -0.1) is 11.3 Å². The number of hydrogen-bond donors (Lipinski definition) is 1. The van der Waals surface area contributed by atoms with Crippen molar-refractivity contribution in [2.24, 2.45) is 0 Å². The summed E-state index contributed by atoms with van der Waals surface area (Å²) in [5, 5.41) is 3.04. The molecule has 102 valence electrons. The number of hydrogen-bond acceptors (Lipinski definition) is 5. The molecule has 0 aliphatic rings. The number of nitrogens with two attached hydrogens (primary N) is 1. The van der Waals surface area contributed by atoms with Crippen LogP contribution in [-0.2, 0) is 0 Å². The summed E-state index contributed by atoms with van der Waals surface area (Å²) < 4.78 is 1.97. The van der Waals surface area contributed by atoms with Crippen LogP contribution in [0.4, 0.5) is 5.69 Å². The van der Waals surface area contributed by atoms with E-state index in [1.165, 1.54) is 0 Å². The molecule has 3 heterocycles. The standard InChI is InChI=1S/C15H11N5S/c16-11-3-1-10(2-4-11)13-17-6-7-20(13)14-12-5-8-21-15(12)19-9-18-14/h1-9H,16H2. The minimum Gasteiger partial charge on any atom is -0.399 e. The van der Waals surface area contributed by atoms with E-state index in [1.54, 1.807) is 23.9 Å². The van der Waals surface area contributed by atoms with Crippen LogP contribution in [0.3, 0.4) is 0 Å². The van der Waals surface area contributed by atoms with Gasteiger partial charge in [-0.05, 0) is 35.7 Å². The summed E-state index contributed by atoms with van der Waals surface area (Å²) in [5.74, 6) is 1.67. The second kappa shape index (κ2) is 4.68. The molecule has 0 spiro atoms. The van der Waals surface area contributed by atoms with Crippen LogP contribution < -0.4 is 5.73 Å². The van der Waals surface area contributed by atoms with Crippen molar-refractivity contribution in [3.05, 3.63) is 54.4 Å². The van der Waals surface area contributed by atoms with Crippen LogP contribution >= 0.6 is 11.3 Å². The molecule has 5 nitrogen and oxygen atoms in total. The van der Waals surface area contributed by atoms with Gasteiger partial charge >= 0.3 is 0 Å². The Hall–Kier alpha value is -2.73. The molecule has 4 rings (SSSR count). The van der Waals surface area contributed by atoms with Crippen LogP contribution in [0.1, 0.15) is 0 Å². The van der Waals surface area contributed by atoms with Crippen LogP contribution in [0.5, 0.6) is 0 Å².